The van der Waals surface area contributed by atoms with Gasteiger partial charge in [0.15, 0.2) is 0 Å². The lowest BCUT2D eigenvalue weighted by molar-refractivity contribution is -0.0432. The van der Waals surface area contributed by atoms with Gasteiger partial charge in [0.1, 0.15) is 0 Å². The highest BCUT2D eigenvalue weighted by atomic mass is 32.2. The van der Waals surface area contributed by atoms with Gasteiger partial charge >= 0.3 is 0 Å². The first-order valence-electron chi connectivity index (χ1n) is 9.56. The number of rotatable bonds is 8. The Morgan fingerprint density at radius 1 is 0.963 bits per heavy atom. The Morgan fingerprint density at radius 3 is 2.19 bits per heavy atom. The summed E-state index contributed by atoms with van der Waals surface area (Å²) in [6.45, 7) is 1.38. The van der Waals surface area contributed by atoms with E-state index in [4.69, 9.17) is 0 Å². The molecule has 1 saturated heterocycles. The first kappa shape index (κ1) is 18.6. The molecular formula is C21H26N2O3S. The van der Waals surface area contributed by atoms with Gasteiger partial charge in [-0.25, -0.2) is 13.1 Å². The average molecular weight is 387 g/mol. The van der Waals surface area contributed by atoms with Gasteiger partial charge in [0, 0.05) is 31.1 Å². The summed E-state index contributed by atoms with van der Waals surface area (Å²) in [5.74, 6) is 0.817. The molecule has 27 heavy (non-hydrogen) atoms. The summed E-state index contributed by atoms with van der Waals surface area (Å²) >= 11 is 0. The van der Waals surface area contributed by atoms with Crippen molar-refractivity contribution in [1.29, 1.82) is 0 Å². The molecule has 1 aliphatic carbocycles. The van der Waals surface area contributed by atoms with E-state index in [0.29, 0.717) is 12.5 Å². The Labute approximate surface area is 161 Å². The van der Waals surface area contributed by atoms with Crippen LogP contribution >= 0.6 is 0 Å². The number of benzene rings is 2. The van der Waals surface area contributed by atoms with Crippen molar-refractivity contribution in [2.45, 2.75) is 35.7 Å². The van der Waals surface area contributed by atoms with Gasteiger partial charge < -0.3 is 5.11 Å². The lowest BCUT2D eigenvalue weighted by atomic mass is 9.75. The summed E-state index contributed by atoms with van der Waals surface area (Å²) in [5, 5.41) is 9.97. The lowest BCUT2D eigenvalue weighted by Gasteiger charge is -2.55. The Balaban J connectivity index is 1.53. The zero-order valence-corrected chi connectivity index (χ0v) is 16.1. The first-order chi connectivity index (χ1) is 13.1. The highest BCUT2D eigenvalue weighted by Crippen LogP contribution is 2.43. The minimum atomic E-state index is -3.54. The second-order valence-corrected chi connectivity index (χ2v) is 9.33. The van der Waals surface area contributed by atoms with Gasteiger partial charge in [-0.05, 0) is 36.5 Å². The molecule has 0 unspecified atom stereocenters. The normalized spacial score (nSPS) is 25.9. The summed E-state index contributed by atoms with van der Waals surface area (Å²) in [5.41, 5.74) is 1.16. The van der Waals surface area contributed by atoms with E-state index in [1.807, 2.05) is 18.2 Å². The molecular weight excluding hydrogens is 360 g/mol. The van der Waals surface area contributed by atoms with Crippen LogP contribution in [0.1, 0.15) is 24.3 Å². The molecule has 4 rings (SSSR count). The van der Waals surface area contributed by atoms with E-state index in [-0.39, 0.29) is 29.5 Å². The topological polar surface area (TPSA) is 69.6 Å². The van der Waals surface area contributed by atoms with E-state index >= 15 is 0 Å². The van der Waals surface area contributed by atoms with Crippen LogP contribution in [0.15, 0.2) is 65.6 Å². The SMILES string of the molecule is O=S(=O)(NC[C@H]1[C@H](c2ccccc2)[C@@H](CO)N1CC1CC1)c1ccccc1. The van der Waals surface area contributed by atoms with Crippen molar-refractivity contribution in [3.63, 3.8) is 0 Å². The minimum absolute atomic E-state index is 0.0548. The zero-order valence-electron chi connectivity index (χ0n) is 15.2. The van der Waals surface area contributed by atoms with Crippen molar-refractivity contribution in [2.75, 3.05) is 19.7 Å². The molecule has 3 atom stereocenters. The minimum Gasteiger partial charge on any atom is -0.395 e. The van der Waals surface area contributed by atoms with Crippen molar-refractivity contribution in [1.82, 2.24) is 9.62 Å². The third-order valence-electron chi connectivity index (χ3n) is 5.75. The molecule has 0 amide bonds. The van der Waals surface area contributed by atoms with Crippen LogP contribution in [0, 0.1) is 5.92 Å². The molecule has 0 aromatic heterocycles. The summed E-state index contributed by atoms with van der Waals surface area (Å²) in [4.78, 5) is 2.58. The monoisotopic (exact) mass is 386 g/mol. The van der Waals surface area contributed by atoms with E-state index < -0.39 is 10.0 Å². The van der Waals surface area contributed by atoms with Gasteiger partial charge in [0.25, 0.3) is 0 Å². The molecule has 2 aromatic rings. The smallest absolute Gasteiger partial charge is 0.240 e. The number of sulfonamides is 1. The second-order valence-electron chi connectivity index (χ2n) is 7.56. The van der Waals surface area contributed by atoms with Crippen LogP contribution in [0.25, 0.3) is 0 Å². The van der Waals surface area contributed by atoms with Crippen molar-refractivity contribution in [3.8, 4) is 0 Å². The summed E-state index contributed by atoms with van der Waals surface area (Å²) in [7, 11) is -3.54. The Kier molecular flexibility index (Phi) is 5.32. The fraction of sp³-hybridized carbons (Fsp3) is 0.429. The van der Waals surface area contributed by atoms with Crippen molar-refractivity contribution in [3.05, 3.63) is 66.2 Å². The predicted molar refractivity (Wildman–Crippen MR) is 105 cm³/mol. The van der Waals surface area contributed by atoms with E-state index in [1.54, 1.807) is 30.3 Å². The van der Waals surface area contributed by atoms with Gasteiger partial charge in [-0.1, -0.05) is 48.5 Å². The van der Waals surface area contributed by atoms with E-state index in [9.17, 15) is 13.5 Å². The third kappa shape index (κ3) is 3.94. The van der Waals surface area contributed by atoms with Crippen LogP contribution in [0.2, 0.25) is 0 Å². The van der Waals surface area contributed by atoms with Crippen LogP contribution < -0.4 is 4.72 Å². The van der Waals surface area contributed by atoms with Crippen molar-refractivity contribution in [2.24, 2.45) is 5.92 Å². The molecule has 6 heteroatoms. The maximum absolute atomic E-state index is 12.6. The van der Waals surface area contributed by atoms with Crippen LogP contribution in [-0.4, -0.2) is 50.2 Å². The van der Waals surface area contributed by atoms with Crippen LogP contribution in [0.4, 0.5) is 0 Å². The van der Waals surface area contributed by atoms with Crippen molar-refractivity contribution >= 4 is 10.0 Å². The number of nitrogens with one attached hydrogen (secondary N) is 1. The molecule has 144 valence electrons. The lowest BCUT2D eigenvalue weighted by Crippen LogP contribution is -2.67. The molecule has 2 fully saturated rings. The van der Waals surface area contributed by atoms with Crippen LogP contribution in [-0.2, 0) is 10.0 Å². The standard InChI is InChI=1S/C21H26N2O3S/c24-15-20-21(17-7-3-1-4-8-17)19(23(20)14-16-11-12-16)13-22-27(25,26)18-9-5-2-6-10-18/h1-10,16,19-22,24H,11-15H2/t19-,20+,21-/m0/s1. The van der Waals surface area contributed by atoms with Crippen LogP contribution in [0.5, 0.6) is 0 Å². The summed E-state index contributed by atoms with van der Waals surface area (Å²) < 4.78 is 28.1. The number of hydrogen-bond donors (Lipinski definition) is 2. The van der Waals surface area contributed by atoms with Gasteiger partial charge in [0.05, 0.1) is 11.5 Å². The fourth-order valence-electron chi connectivity index (χ4n) is 4.14. The highest BCUT2D eigenvalue weighted by Gasteiger charge is 2.49. The molecule has 1 heterocycles. The number of hydrogen-bond acceptors (Lipinski definition) is 4. The molecule has 0 radical (unpaired) electrons. The van der Waals surface area contributed by atoms with Gasteiger partial charge in [-0.3, -0.25) is 4.90 Å². The number of nitrogens with zero attached hydrogens (tertiary/aromatic N) is 1. The predicted octanol–water partition coefficient (Wildman–Crippen LogP) is 2.20. The number of aliphatic hydroxyl groups is 1. The largest absolute Gasteiger partial charge is 0.395 e. The third-order valence-corrected chi connectivity index (χ3v) is 7.19. The van der Waals surface area contributed by atoms with E-state index in [2.05, 4.69) is 21.8 Å². The Bertz CT molecular complexity index is 854. The number of aliphatic hydroxyl groups excluding tert-OH is 1. The second kappa shape index (κ2) is 7.72. The summed E-state index contributed by atoms with van der Waals surface area (Å²) in [6, 6.07) is 18.7. The molecule has 0 spiro atoms. The molecule has 2 N–H and O–H groups in total. The molecule has 0 bridgehead atoms. The molecule has 2 aromatic carbocycles. The van der Waals surface area contributed by atoms with Gasteiger partial charge in [-0.2, -0.15) is 0 Å². The highest BCUT2D eigenvalue weighted by molar-refractivity contribution is 7.89. The van der Waals surface area contributed by atoms with Gasteiger partial charge in [-0.15, -0.1) is 0 Å². The Morgan fingerprint density at radius 2 is 1.59 bits per heavy atom. The van der Waals surface area contributed by atoms with E-state index in [0.717, 1.165) is 12.1 Å². The number of likely N-dealkylation sites (tertiary alicyclic amines) is 1. The first-order valence-corrected chi connectivity index (χ1v) is 11.0. The molecule has 1 saturated carbocycles. The van der Waals surface area contributed by atoms with E-state index in [1.165, 1.54) is 12.8 Å². The van der Waals surface area contributed by atoms with Gasteiger partial charge in [0.2, 0.25) is 10.0 Å². The maximum Gasteiger partial charge on any atom is 0.240 e. The molecule has 1 aliphatic heterocycles. The molecule has 5 nitrogen and oxygen atoms in total. The Hall–Kier alpha value is -1.73. The average Bonchev–Trinajstić information content (AvgIpc) is 3.51. The fourth-order valence-corrected chi connectivity index (χ4v) is 5.22. The maximum atomic E-state index is 12.6. The zero-order chi connectivity index (χ0) is 18.9. The van der Waals surface area contributed by atoms with Crippen LogP contribution in [0.3, 0.4) is 0 Å². The quantitative estimate of drug-likeness (QED) is 0.730. The summed E-state index contributed by atoms with van der Waals surface area (Å²) in [6.07, 6.45) is 2.46. The van der Waals surface area contributed by atoms with Crippen molar-refractivity contribution < 1.29 is 13.5 Å². The molecule has 2 aliphatic rings.